The zero-order chi connectivity index (χ0) is 15.6. The summed E-state index contributed by atoms with van der Waals surface area (Å²) in [6, 6.07) is 3.70. The molecule has 0 aliphatic carbocycles. The molecule has 0 aromatic heterocycles. The lowest BCUT2D eigenvalue weighted by molar-refractivity contribution is -0.132. The smallest absolute Gasteiger partial charge is 0.227 e. The Hall–Kier alpha value is -1.45. The molecule has 4 heteroatoms. The van der Waals surface area contributed by atoms with E-state index in [1.807, 2.05) is 0 Å². The minimum Gasteiger partial charge on any atom is -0.342 e. The zero-order valence-corrected chi connectivity index (χ0v) is 13.0. The average molecular weight is 295 g/mol. The molecule has 2 rings (SSSR count). The van der Waals surface area contributed by atoms with Gasteiger partial charge in [-0.2, -0.15) is 0 Å². The van der Waals surface area contributed by atoms with Crippen LogP contribution in [0.15, 0.2) is 18.2 Å². The molecule has 0 atom stereocenters. The molecule has 1 aliphatic rings. The first-order valence-corrected chi connectivity index (χ1v) is 7.49. The van der Waals surface area contributed by atoms with Gasteiger partial charge in [-0.1, -0.05) is 26.8 Å². The number of halogens is 2. The second-order valence-electron chi connectivity index (χ2n) is 6.90. The molecule has 0 unspecified atom stereocenters. The number of piperidine rings is 1. The van der Waals surface area contributed by atoms with Crippen molar-refractivity contribution in [2.45, 2.75) is 40.0 Å². The molecule has 0 spiro atoms. The Labute approximate surface area is 125 Å². The van der Waals surface area contributed by atoms with Crippen molar-refractivity contribution in [2.75, 3.05) is 13.1 Å². The van der Waals surface area contributed by atoms with E-state index in [1.165, 1.54) is 18.2 Å². The fraction of sp³-hybridized carbons (Fsp3) is 0.588. The minimum atomic E-state index is -0.645. The predicted octanol–water partition coefficient (Wildman–Crippen LogP) is 3.79. The summed E-state index contributed by atoms with van der Waals surface area (Å²) >= 11 is 0. The molecule has 0 N–H and O–H groups in total. The quantitative estimate of drug-likeness (QED) is 0.813. The molecule has 0 radical (unpaired) electrons. The number of hydrogen-bond acceptors (Lipinski definition) is 1. The van der Waals surface area contributed by atoms with E-state index in [4.69, 9.17) is 0 Å². The highest BCUT2D eigenvalue weighted by molar-refractivity contribution is 5.79. The first-order valence-electron chi connectivity index (χ1n) is 7.49. The zero-order valence-electron chi connectivity index (χ0n) is 13.0. The number of likely N-dealkylation sites (tertiary alicyclic amines) is 1. The lowest BCUT2D eigenvalue weighted by Gasteiger charge is -2.38. The standard InChI is InChI=1S/C17H23F2NO/c1-17(2,3)12-7-9-20(10-8-12)16(21)11-13-14(18)5-4-6-15(13)19/h4-6,12H,7-11H2,1-3H3. The number of amides is 1. The van der Waals surface area contributed by atoms with Crippen LogP contribution in [0.2, 0.25) is 0 Å². The lowest BCUT2D eigenvalue weighted by atomic mass is 9.75. The first-order chi connectivity index (χ1) is 9.79. The van der Waals surface area contributed by atoms with Crippen LogP contribution in [-0.2, 0) is 11.2 Å². The van der Waals surface area contributed by atoms with Gasteiger partial charge in [-0.15, -0.1) is 0 Å². The van der Waals surface area contributed by atoms with Gasteiger partial charge in [0.1, 0.15) is 11.6 Å². The van der Waals surface area contributed by atoms with Crippen molar-refractivity contribution >= 4 is 5.91 Å². The number of hydrogen-bond donors (Lipinski definition) is 0. The summed E-state index contributed by atoms with van der Waals surface area (Å²) in [5, 5.41) is 0. The van der Waals surface area contributed by atoms with E-state index in [1.54, 1.807) is 4.90 Å². The molecule has 1 fully saturated rings. The molecule has 1 saturated heterocycles. The first kappa shape index (κ1) is 15.9. The Balaban J connectivity index is 1.97. The van der Waals surface area contributed by atoms with E-state index < -0.39 is 11.6 Å². The van der Waals surface area contributed by atoms with Crippen LogP contribution >= 0.6 is 0 Å². The van der Waals surface area contributed by atoms with Gasteiger partial charge in [0.2, 0.25) is 5.91 Å². The summed E-state index contributed by atoms with van der Waals surface area (Å²) in [6.07, 6.45) is 1.71. The maximum absolute atomic E-state index is 13.6. The summed E-state index contributed by atoms with van der Waals surface area (Å²) in [6.45, 7) is 7.99. The molecule has 2 nitrogen and oxygen atoms in total. The molecule has 1 aromatic rings. The van der Waals surface area contributed by atoms with Crippen molar-refractivity contribution in [3.05, 3.63) is 35.4 Å². The molecule has 0 saturated carbocycles. The summed E-state index contributed by atoms with van der Waals surface area (Å²) in [4.78, 5) is 14.0. The van der Waals surface area contributed by atoms with Gasteiger partial charge < -0.3 is 4.90 Å². The maximum atomic E-state index is 13.6. The molecule has 1 aliphatic heterocycles. The number of carbonyl (C=O) groups excluding carboxylic acids is 1. The Morgan fingerprint density at radius 3 is 2.19 bits per heavy atom. The summed E-state index contributed by atoms with van der Waals surface area (Å²) < 4.78 is 27.2. The maximum Gasteiger partial charge on any atom is 0.227 e. The van der Waals surface area contributed by atoms with E-state index in [0.29, 0.717) is 19.0 Å². The van der Waals surface area contributed by atoms with Gasteiger partial charge in [0.25, 0.3) is 0 Å². The molecule has 1 aromatic carbocycles. The van der Waals surface area contributed by atoms with Crippen LogP contribution in [0.4, 0.5) is 8.78 Å². The third-order valence-electron chi connectivity index (χ3n) is 4.46. The van der Waals surface area contributed by atoms with Crippen LogP contribution in [0.25, 0.3) is 0 Å². The van der Waals surface area contributed by atoms with E-state index in [2.05, 4.69) is 20.8 Å². The van der Waals surface area contributed by atoms with Gasteiger partial charge in [0.05, 0.1) is 6.42 Å². The van der Waals surface area contributed by atoms with Gasteiger partial charge in [-0.05, 0) is 36.3 Å². The Kier molecular flexibility index (Phi) is 4.64. The van der Waals surface area contributed by atoms with Crippen molar-refractivity contribution in [1.82, 2.24) is 4.90 Å². The highest BCUT2D eigenvalue weighted by atomic mass is 19.1. The number of benzene rings is 1. The molecule has 0 bridgehead atoms. The van der Waals surface area contributed by atoms with E-state index in [-0.39, 0.29) is 23.3 Å². The third-order valence-corrected chi connectivity index (χ3v) is 4.46. The fourth-order valence-corrected chi connectivity index (χ4v) is 2.96. The Bertz CT molecular complexity index is 494. The van der Waals surface area contributed by atoms with Crippen molar-refractivity contribution in [1.29, 1.82) is 0 Å². The highest BCUT2D eigenvalue weighted by Gasteiger charge is 2.30. The van der Waals surface area contributed by atoms with E-state index in [9.17, 15) is 13.6 Å². The normalized spacial score (nSPS) is 17.1. The van der Waals surface area contributed by atoms with Crippen molar-refractivity contribution < 1.29 is 13.6 Å². The second kappa shape index (κ2) is 6.12. The van der Waals surface area contributed by atoms with Gasteiger partial charge in [-0.3, -0.25) is 4.79 Å². The van der Waals surface area contributed by atoms with Crippen molar-refractivity contribution in [3.63, 3.8) is 0 Å². The van der Waals surface area contributed by atoms with Gasteiger partial charge >= 0.3 is 0 Å². The second-order valence-corrected chi connectivity index (χ2v) is 6.90. The van der Waals surface area contributed by atoms with E-state index >= 15 is 0 Å². The van der Waals surface area contributed by atoms with Gasteiger partial charge in [0.15, 0.2) is 0 Å². The number of nitrogens with zero attached hydrogens (tertiary/aromatic N) is 1. The SMILES string of the molecule is CC(C)(C)C1CCN(C(=O)Cc2c(F)cccc2F)CC1. The van der Waals surface area contributed by atoms with Crippen molar-refractivity contribution in [3.8, 4) is 0 Å². The number of rotatable bonds is 2. The monoisotopic (exact) mass is 295 g/mol. The Morgan fingerprint density at radius 1 is 1.19 bits per heavy atom. The Morgan fingerprint density at radius 2 is 1.71 bits per heavy atom. The summed E-state index contributed by atoms with van der Waals surface area (Å²) in [5.41, 5.74) is 0.118. The summed E-state index contributed by atoms with van der Waals surface area (Å²) in [5.74, 6) is -0.890. The largest absolute Gasteiger partial charge is 0.342 e. The topological polar surface area (TPSA) is 20.3 Å². The van der Waals surface area contributed by atoms with Crippen LogP contribution in [0.1, 0.15) is 39.2 Å². The number of carbonyl (C=O) groups is 1. The molecular weight excluding hydrogens is 272 g/mol. The van der Waals surface area contributed by atoms with E-state index in [0.717, 1.165) is 12.8 Å². The van der Waals surface area contributed by atoms with Crippen LogP contribution in [0.3, 0.4) is 0 Å². The lowest BCUT2D eigenvalue weighted by Crippen LogP contribution is -2.42. The van der Waals surface area contributed by atoms with Crippen LogP contribution in [0.5, 0.6) is 0 Å². The average Bonchev–Trinajstić information content (AvgIpc) is 2.42. The molecule has 1 amide bonds. The van der Waals surface area contributed by atoms with Crippen LogP contribution < -0.4 is 0 Å². The molecule has 1 heterocycles. The van der Waals surface area contributed by atoms with Crippen LogP contribution in [0, 0.1) is 23.0 Å². The van der Waals surface area contributed by atoms with Gasteiger partial charge in [-0.25, -0.2) is 8.78 Å². The van der Waals surface area contributed by atoms with Crippen molar-refractivity contribution in [2.24, 2.45) is 11.3 Å². The third kappa shape index (κ3) is 3.80. The van der Waals surface area contributed by atoms with Gasteiger partial charge in [0, 0.05) is 18.7 Å². The van der Waals surface area contributed by atoms with Crippen LogP contribution in [-0.4, -0.2) is 23.9 Å². The molecular formula is C17H23F2NO. The highest BCUT2D eigenvalue weighted by Crippen LogP contribution is 2.34. The minimum absolute atomic E-state index is 0.125. The predicted molar refractivity (Wildman–Crippen MR) is 78.8 cm³/mol. The molecule has 116 valence electrons. The summed E-state index contributed by atoms with van der Waals surface area (Å²) in [7, 11) is 0. The fourth-order valence-electron chi connectivity index (χ4n) is 2.96. The molecule has 21 heavy (non-hydrogen) atoms.